The average Bonchev–Trinajstić information content (AvgIpc) is 2.95. The second kappa shape index (κ2) is 6.75. The van der Waals surface area contributed by atoms with E-state index in [0.717, 1.165) is 16.7 Å². The van der Waals surface area contributed by atoms with Gasteiger partial charge in [0.15, 0.2) is 9.84 Å². The Hall–Kier alpha value is -1.94. The van der Waals surface area contributed by atoms with Crippen LogP contribution in [0.25, 0.3) is 21.6 Å². The smallest absolute Gasteiger partial charge is 0.258 e. The van der Waals surface area contributed by atoms with Crippen LogP contribution < -0.4 is 0 Å². The number of nitro groups is 1. The van der Waals surface area contributed by atoms with Crippen LogP contribution in [-0.4, -0.2) is 19.6 Å². The molecule has 128 valence electrons. The van der Waals surface area contributed by atoms with E-state index in [-0.39, 0.29) is 10.6 Å². The number of benzene rings is 2. The zero-order valence-corrected chi connectivity index (χ0v) is 16.1. The topological polar surface area (TPSA) is 77.3 Å². The highest BCUT2D eigenvalue weighted by Crippen LogP contribution is 2.44. The van der Waals surface area contributed by atoms with Crippen LogP contribution in [0.5, 0.6) is 0 Å². The maximum Gasteiger partial charge on any atom is 0.277 e. The molecule has 9 heteroatoms. The lowest BCUT2D eigenvalue weighted by molar-refractivity contribution is -0.384. The fraction of sp³-hybridized carbons (Fsp3) is 0.0625. The second-order valence-electron chi connectivity index (χ2n) is 5.23. The Morgan fingerprint density at radius 3 is 2.28 bits per heavy atom. The summed E-state index contributed by atoms with van der Waals surface area (Å²) < 4.78 is 23.8. The Balaban J connectivity index is 2.19. The van der Waals surface area contributed by atoms with Gasteiger partial charge in [-0.1, -0.05) is 57.2 Å². The molecular weight excluding hydrogens is 398 g/mol. The van der Waals surface area contributed by atoms with Gasteiger partial charge in [0.05, 0.1) is 20.3 Å². The Kier molecular flexibility index (Phi) is 4.83. The first-order valence-electron chi connectivity index (χ1n) is 6.96. The molecule has 0 aliphatic carbocycles. The molecule has 0 radical (unpaired) electrons. The third-order valence-electron chi connectivity index (χ3n) is 3.55. The molecular formula is C16H11NO4S4. The highest BCUT2D eigenvalue weighted by Gasteiger charge is 2.21. The van der Waals surface area contributed by atoms with Gasteiger partial charge in [-0.25, -0.2) is 8.42 Å². The van der Waals surface area contributed by atoms with Crippen molar-refractivity contribution < 1.29 is 13.3 Å². The highest BCUT2D eigenvalue weighted by molar-refractivity contribution is 7.90. The van der Waals surface area contributed by atoms with Crippen molar-refractivity contribution in [2.75, 3.05) is 6.26 Å². The Morgan fingerprint density at radius 2 is 1.68 bits per heavy atom. The number of sulfone groups is 1. The largest absolute Gasteiger partial charge is 0.277 e. The van der Waals surface area contributed by atoms with E-state index in [4.69, 9.17) is 12.2 Å². The minimum Gasteiger partial charge on any atom is -0.258 e. The van der Waals surface area contributed by atoms with Gasteiger partial charge >= 0.3 is 0 Å². The van der Waals surface area contributed by atoms with Crippen LogP contribution in [0.2, 0.25) is 0 Å². The van der Waals surface area contributed by atoms with Gasteiger partial charge in [-0.2, -0.15) is 0 Å². The van der Waals surface area contributed by atoms with Gasteiger partial charge in [-0.15, -0.1) is 0 Å². The number of rotatable bonds is 4. The van der Waals surface area contributed by atoms with E-state index in [1.807, 2.05) is 0 Å². The van der Waals surface area contributed by atoms with Crippen LogP contribution in [0.1, 0.15) is 0 Å². The van der Waals surface area contributed by atoms with Crippen molar-refractivity contribution in [3.63, 3.8) is 0 Å². The summed E-state index contributed by atoms with van der Waals surface area (Å²) in [5.74, 6) is 0. The average molecular weight is 410 g/mol. The first-order valence-corrected chi connectivity index (χ1v) is 11.4. The number of hydrogen-bond acceptors (Lipinski definition) is 7. The number of hydrogen-bond donors (Lipinski definition) is 0. The van der Waals surface area contributed by atoms with E-state index in [1.165, 1.54) is 38.9 Å². The van der Waals surface area contributed by atoms with Crippen molar-refractivity contribution in [2.24, 2.45) is 0 Å². The predicted octanol–water partition coefficient (Wildman–Crippen LogP) is 5.18. The molecule has 0 fully saturated rings. The zero-order chi connectivity index (χ0) is 18.2. The van der Waals surface area contributed by atoms with Gasteiger partial charge in [0.25, 0.3) is 5.69 Å². The van der Waals surface area contributed by atoms with Gasteiger partial charge in [-0.3, -0.25) is 10.1 Å². The quantitative estimate of drug-likeness (QED) is 0.257. The first kappa shape index (κ1) is 17.9. The van der Waals surface area contributed by atoms with E-state index in [1.54, 1.807) is 30.3 Å². The lowest BCUT2D eigenvalue weighted by Crippen LogP contribution is -1.96. The van der Waals surface area contributed by atoms with Crippen molar-refractivity contribution in [3.8, 4) is 21.6 Å². The summed E-state index contributed by atoms with van der Waals surface area (Å²) in [6.07, 6.45) is 1.15. The molecule has 0 N–H and O–H groups in total. The van der Waals surface area contributed by atoms with Crippen molar-refractivity contribution in [1.29, 1.82) is 0 Å². The predicted molar refractivity (Wildman–Crippen MR) is 104 cm³/mol. The molecule has 0 aliphatic heterocycles. The fourth-order valence-corrected chi connectivity index (χ4v) is 5.90. The summed E-state index contributed by atoms with van der Waals surface area (Å²) >= 11 is 5.40. The summed E-state index contributed by atoms with van der Waals surface area (Å²) in [6, 6.07) is 12.9. The summed E-state index contributed by atoms with van der Waals surface area (Å²) in [6.45, 7) is 0. The summed E-state index contributed by atoms with van der Waals surface area (Å²) in [5.41, 5.74) is 1.88. The van der Waals surface area contributed by atoms with Gasteiger partial charge < -0.3 is 0 Å². The Bertz CT molecular complexity index is 1110. The molecule has 3 aromatic rings. The third-order valence-corrected chi connectivity index (χ3v) is 7.74. The Labute approximate surface area is 156 Å². The van der Waals surface area contributed by atoms with Crippen LogP contribution in [0, 0.1) is 13.9 Å². The Morgan fingerprint density at radius 1 is 1.04 bits per heavy atom. The standard InChI is InChI=1S/C16H11NO4S4/c1-25(20,21)11-8-6-10(7-9-11)15-14(16(22)24-23-15)12-4-2-3-5-13(12)17(18)19/h2-9H,1H3. The SMILES string of the molecule is CS(=O)(=O)c1ccc(-c2ssc(=S)c2-c2ccccc2[N+](=O)[O-])cc1. The minimum atomic E-state index is -3.28. The monoisotopic (exact) mass is 409 g/mol. The molecule has 3 rings (SSSR count). The zero-order valence-electron chi connectivity index (χ0n) is 12.8. The molecule has 1 heterocycles. The number of nitro benzene ring substituents is 1. The molecule has 0 saturated carbocycles. The van der Waals surface area contributed by atoms with Crippen LogP contribution in [-0.2, 0) is 9.84 Å². The molecule has 0 aliphatic rings. The van der Waals surface area contributed by atoms with E-state index < -0.39 is 14.8 Å². The van der Waals surface area contributed by atoms with Crippen molar-refractivity contribution >= 4 is 48.4 Å². The molecule has 0 spiro atoms. The first-order chi connectivity index (χ1) is 11.8. The van der Waals surface area contributed by atoms with E-state index in [9.17, 15) is 18.5 Å². The number of nitrogens with zero attached hydrogens (tertiary/aromatic N) is 1. The van der Waals surface area contributed by atoms with Gasteiger partial charge in [-0.05, 0) is 23.8 Å². The second-order valence-corrected chi connectivity index (χ2v) is 10.1. The molecule has 5 nitrogen and oxygen atoms in total. The van der Waals surface area contributed by atoms with Crippen molar-refractivity contribution in [2.45, 2.75) is 4.90 Å². The van der Waals surface area contributed by atoms with Crippen LogP contribution in [0.3, 0.4) is 0 Å². The third kappa shape index (κ3) is 3.54. The fourth-order valence-electron chi connectivity index (χ4n) is 2.38. The summed E-state index contributed by atoms with van der Waals surface area (Å²) in [5, 5.41) is 11.3. The molecule has 2 aromatic carbocycles. The molecule has 0 atom stereocenters. The van der Waals surface area contributed by atoms with Crippen LogP contribution in [0.4, 0.5) is 5.69 Å². The van der Waals surface area contributed by atoms with E-state index in [0.29, 0.717) is 15.0 Å². The molecule has 0 bridgehead atoms. The minimum absolute atomic E-state index is 0.00629. The van der Waals surface area contributed by atoms with Crippen LogP contribution in [0.15, 0.2) is 53.4 Å². The molecule has 0 unspecified atom stereocenters. The molecule has 1 aromatic heterocycles. The highest BCUT2D eigenvalue weighted by atomic mass is 32.9. The number of para-hydroxylation sites is 1. The normalized spacial score (nSPS) is 11.4. The van der Waals surface area contributed by atoms with Gasteiger partial charge in [0, 0.05) is 17.9 Å². The van der Waals surface area contributed by atoms with E-state index >= 15 is 0 Å². The molecule has 0 saturated heterocycles. The lowest BCUT2D eigenvalue weighted by Gasteiger charge is -2.06. The van der Waals surface area contributed by atoms with Gasteiger partial charge in [0.1, 0.15) is 3.82 Å². The van der Waals surface area contributed by atoms with Gasteiger partial charge in [0.2, 0.25) is 0 Å². The van der Waals surface area contributed by atoms with Crippen LogP contribution >= 0.6 is 32.9 Å². The maximum atomic E-state index is 11.6. The molecule has 25 heavy (non-hydrogen) atoms. The summed E-state index contributed by atoms with van der Waals surface area (Å²) in [7, 11) is -0.491. The lowest BCUT2D eigenvalue weighted by atomic mass is 10.0. The van der Waals surface area contributed by atoms with Crippen molar-refractivity contribution in [1.82, 2.24) is 0 Å². The maximum absolute atomic E-state index is 11.6. The molecule has 0 amide bonds. The van der Waals surface area contributed by atoms with Crippen molar-refractivity contribution in [3.05, 3.63) is 62.5 Å². The summed E-state index contributed by atoms with van der Waals surface area (Å²) in [4.78, 5) is 11.9. The van der Waals surface area contributed by atoms with E-state index in [2.05, 4.69) is 0 Å².